The molecular weight excluding hydrogens is 413 g/mol. The summed E-state index contributed by atoms with van der Waals surface area (Å²) in [6.45, 7) is 0. The highest BCUT2D eigenvalue weighted by Gasteiger charge is 2.58. The second kappa shape index (κ2) is 5.48. The number of H-pyrrole nitrogens is 1. The van der Waals surface area contributed by atoms with E-state index in [2.05, 4.69) is 25.9 Å². The van der Waals surface area contributed by atoms with E-state index in [1.54, 1.807) is 30.4 Å². The number of fused-ring (bicyclic) bond motifs is 4. The summed E-state index contributed by atoms with van der Waals surface area (Å²) in [6.07, 6.45) is 4.69. The Morgan fingerprint density at radius 3 is 2.78 bits per heavy atom. The number of anilines is 1. The molecule has 5 nitrogen and oxygen atoms in total. The van der Waals surface area contributed by atoms with E-state index in [1.165, 1.54) is 12.1 Å². The van der Waals surface area contributed by atoms with Crippen molar-refractivity contribution in [1.29, 1.82) is 0 Å². The summed E-state index contributed by atoms with van der Waals surface area (Å²) in [4.78, 5) is 33.2. The standard InChI is InChI=1S/C20H15BrFN3O2/c1-25-16-9-23-15-5-14(22)13(21)4-12(15)18(16)20(19(25)27)6-11(7-20)10-2-3-17(26)24-8-10/h2-5,8-9,11H,6-7H2,1H3,(H,24,26). The van der Waals surface area contributed by atoms with Gasteiger partial charge >= 0.3 is 0 Å². The van der Waals surface area contributed by atoms with Gasteiger partial charge in [0.15, 0.2) is 0 Å². The lowest BCUT2D eigenvalue weighted by Gasteiger charge is -2.44. The fraction of sp³-hybridized carbons (Fsp3) is 0.250. The molecule has 1 amide bonds. The lowest BCUT2D eigenvalue weighted by atomic mass is 9.57. The Morgan fingerprint density at radius 2 is 2.07 bits per heavy atom. The number of benzene rings is 1. The van der Waals surface area contributed by atoms with Crippen molar-refractivity contribution in [2.24, 2.45) is 0 Å². The molecule has 2 aliphatic rings. The zero-order valence-corrected chi connectivity index (χ0v) is 16.0. The number of pyridine rings is 2. The summed E-state index contributed by atoms with van der Waals surface area (Å²) in [7, 11) is 1.76. The van der Waals surface area contributed by atoms with Crippen molar-refractivity contribution in [3.63, 3.8) is 0 Å². The zero-order chi connectivity index (χ0) is 18.9. The number of hydrogen-bond acceptors (Lipinski definition) is 3. The van der Waals surface area contributed by atoms with E-state index in [4.69, 9.17) is 0 Å². The number of carbonyl (C=O) groups excluding carboxylic acids is 1. The number of aromatic amines is 1. The second-order valence-corrected chi connectivity index (χ2v) is 8.19. The van der Waals surface area contributed by atoms with E-state index in [0.29, 0.717) is 22.8 Å². The highest BCUT2D eigenvalue weighted by molar-refractivity contribution is 9.10. The van der Waals surface area contributed by atoms with Crippen LogP contribution in [0.5, 0.6) is 0 Å². The summed E-state index contributed by atoms with van der Waals surface area (Å²) < 4.78 is 14.3. The van der Waals surface area contributed by atoms with Crippen molar-refractivity contribution in [3.8, 4) is 0 Å². The zero-order valence-electron chi connectivity index (χ0n) is 14.4. The Balaban J connectivity index is 1.65. The van der Waals surface area contributed by atoms with E-state index >= 15 is 0 Å². The number of nitrogens with one attached hydrogen (secondary N) is 1. The van der Waals surface area contributed by atoms with E-state index < -0.39 is 5.41 Å². The van der Waals surface area contributed by atoms with Gasteiger partial charge in [0.25, 0.3) is 0 Å². The molecule has 0 atom stereocenters. The minimum Gasteiger partial charge on any atom is -0.329 e. The molecule has 1 aliphatic heterocycles. The molecule has 136 valence electrons. The van der Waals surface area contributed by atoms with Gasteiger partial charge < -0.3 is 9.88 Å². The number of hydrogen-bond donors (Lipinski definition) is 1. The van der Waals surface area contributed by atoms with E-state index in [1.807, 2.05) is 6.07 Å². The van der Waals surface area contributed by atoms with Crippen molar-refractivity contribution in [2.75, 3.05) is 11.9 Å². The number of halogens is 2. The lowest BCUT2D eigenvalue weighted by Crippen LogP contribution is -2.48. The summed E-state index contributed by atoms with van der Waals surface area (Å²) >= 11 is 3.25. The maximum Gasteiger partial charge on any atom is 0.247 e. The molecule has 5 rings (SSSR count). The van der Waals surface area contributed by atoms with Gasteiger partial charge in [0, 0.05) is 36.3 Å². The Hall–Kier alpha value is -2.54. The summed E-state index contributed by atoms with van der Waals surface area (Å²) in [5.74, 6) is -0.133. The summed E-state index contributed by atoms with van der Waals surface area (Å²) in [5.41, 5.74) is 2.52. The predicted molar refractivity (Wildman–Crippen MR) is 104 cm³/mol. The molecule has 0 saturated heterocycles. The Morgan fingerprint density at radius 1 is 1.30 bits per heavy atom. The van der Waals surface area contributed by atoms with Crippen LogP contribution in [-0.2, 0) is 10.2 Å². The first-order chi connectivity index (χ1) is 12.9. The Bertz CT molecular complexity index is 1160. The number of rotatable bonds is 1. The van der Waals surface area contributed by atoms with Crippen LogP contribution < -0.4 is 10.5 Å². The molecule has 1 fully saturated rings. The molecule has 3 heterocycles. The highest BCUT2D eigenvalue weighted by atomic mass is 79.9. The fourth-order valence-corrected chi connectivity index (χ4v) is 4.89. The molecule has 1 aromatic carbocycles. The molecule has 1 spiro atoms. The van der Waals surface area contributed by atoms with Crippen molar-refractivity contribution in [1.82, 2.24) is 9.97 Å². The van der Waals surface area contributed by atoms with Gasteiger partial charge in [-0.25, -0.2) is 4.39 Å². The summed E-state index contributed by atoms with van der Waals surface area (Å²) in [6, 6.07) is 6.44. The fourth-order valence-electron chi connectivity index (χ4n) is 4.54. The Kier molecular flexibility index (Phi) is 3.37. The van der Waals surface area contributed by atoms with Crippen LogP contribution in [0.15, 0.2) is 45.9 Å². The molecule has 1 saturated carbocycles. The molecule has 1 N–H and O–H groups in total. The largest absolute Gasteiger partial charge is 0.329 e. The van der Waals surface area contributed by atoms with Crippen LogP contribution in [0, 0.1) is 5.82 Å². The normalized spacial score (nSPS) is 23.7. The smallest absolute Gasteiger partial charge is 0.247 e. The van der Waals surface area contributed by atoms with Crippen LogP contribution in [0.25, 0.3) is 10.9 Å². The first-order valence-electron chi connectivity index (χ1n) is 8.66. The predicted octanol–water partition coefficient (Wildman–Crippen LogP) is 3.62. The van der Waals surface area contributed by atoms with Crippen LogP contribution in [0.3, 0.4) is 0 Å². The number of likely N-dealkylation sites (N-methyl/N-ethyl adjacent to an activating group) is 1. The topological polar surface area (TPSA) is 66.1 Å². The quantitative estimate of drug-likeness (QED) is 0.644. The molecular formula is C20H15BrFN3O2. The number of carbonyl (C=O) groups is 1. The van der Waals surface area contributed by atoms with Crippen molar-refractivity contribution >= 4 is 38.4 Å². The first-order valence-corrected chi connectivity index (χ1v) is 9.45. The minimum absolute atomic E-state index is 0.0490. The monoisotopic (exact) mass is 427 g/mol. The van der Waals surface area contributed by atoms with Crippen LogP contribution in [0.2, 0.25) is 0 Å². The third kappa shape index (κ3) is 2.18. The van der Waals surface area contributed by atoms with E-state index in [9.17, 15) is 14.0 Å². The number of nitrogens with zero attached hydrogens (tertiary/aromatic N) is 2. The van der Waals surface area contributed by atoms with Crippen molar-refractivity contribution in [3.05, 3.63) is 68.4 Å². The molecule has 27 heavy (non-hydrogen) atoms. The maximum atomic E-state index is 14.0. The molecule has 0 radical (unpaired) electrons. The van der Waals surface area contributed by atoms with Gasteiger partial charge in [-0.2, -0.15) is 0 Å². The Labute approximate surface area is 162 Å². The lowest BCUT2D eigenvalue weighted by molar-refractivity contribution is -0.126. The van der Waals surface area contributed by atoms with Gasteiger partial charge in [-0.15, -0.1) is 0 Å². The number of aromatic nitrogens is 2. The molecule has 7 heteroatoms. The van der Waals surface area contributed by atoms with E-state index in [0.717, 1.165) is 22.2 Å². The van der Waals surface area contributed by atoms with Gasteiger partial charge in [-0.05, 0) is 46.3 Å². The first kappa shape index (κ1) is 16.6. The van der Waals surface area contributed by atoms with Gasteiger partial charge in [0.1, 0.15) is 5.82 Å². The van der Waals surface area contributed by atoms with Crippen molar-refractivity contribution in [2.45, 2.75) is 24.2 Å². The van der Waals surface area contributed by atoms with Crippen LogP contribution in [-0.4, -0.2) is 22.9 Å². The molecule has 1 aliphatic carbocycles. The van der Waals surface area contributed by atoms with Gasteiger partial charge in [-0.3, -0.25) is 14.6 Å². The minimum atomic E-state index is -0.622. The molecule has 3 aromatic rings. The SMILES string of the molecule is CN1C(=O)C2(CC(c3ccc(=O)[nH]c3)C2)c2c1cnc1cc(F)c(Br)cc21. The molecule has 0 unspecified atom stereocenters. The average molecular weight is 428 g/mol. The van der Waals surface area contributed by atoms with Crippen LogP contribution in [0.4, 0.5) is 10.1 Å². The third-order valence-electron chi connectivity index (χ3n) is 5.91. The van der Waals surface area contributed by atoms with E-state index in [-0.39, 0.29) is 23.2 Å². The molecule has 2 aromatic heterocycles. The van der Waals surface area contributed by atoms with Gasteiger partial charge in [0.05, 0.1) is 27.3 Å². The number of amides is 1. The van der Waals surface area contributed by atoms with Crippen LogP contribution >= 0.6 is 15.9 Å². The second-order valence-electron chi connectivity index (χ2n) is 7.34. The van der Waals surface area contributed by atoms with Gasteiger partial charge in [0.2, 0.25) is 11.5 Å². The molecule has 0 bridgehead atoms. The maximum absolute atomic E-state index is 14.0. The third-order valence-corrected chi connectivity index (χ3v) is 6.52. The highest BCUT2D eigenvalue weighted by Crippen LogP contribution is 2.60. The van der Waals surface area contributed by atoms with Crippen LogP contribution in [0.1, 0.15) is 29.9 Å². The summed E-state index contributed by atoms with van der Waals surface area (Å²) in [5, 5.41) is 0.804. The van der Waals surface area contributed by atoms with Crippen molar-refractivity contribution < 1.29 is 9.18 Å². The average Bonchev–Trinajstić information content (AvgIpc) is 2.84. The van der Waals surface area contributed by atoms with Gasteiger partial charge in [-0.1, -0.05) is 6.07 Å².